The Bertz CT molecular complexity index is 1000. The van der Waals surface area contributed by atoms with Crippen LogP contribution in [0.4, 0.5) is 5.69 Å². The second kappa shape index (κ2) is 7.70. The Labute approximate surface area is 163 Å². The molecule has 142 valence electrons. The first kappa shape index (κ1) is 19.4. The monoisotopic (exact) mass is 405 g/mol. The van der Waals surface area contributed by atoms with Crippen molar-refractivity contribution in [3.8, 4) is 0 Å². The van der Waals surface area contributed by atoms with Gasteiger partial charge in [0.2, 0.25) is 5.91 Å². The first-order valence-electron chi connectivity index (χ1n) is 8.58. The van der Waals surface area contributed by atoms with E-state index in [4.69, 9.17) is 11.6 Å². The van der Waals surface area contributed by atoms with Gasteiger partial charge in [-0.15, -0.1) is 0 Å². The number of hydrogen-bond acceptors (Lipinski definition) is 4. The molecule has 0 radical (unpaired) electrons. The first-order valence-corrected chi connectivity index (χ1v) is 10.4. The number of carbonyl (C=O) groups excluding carboxylic acids is 1. The van der Waals surface area contributed by atoms with Crippen LogP contribution in [0.1, 0.15) is 25.8 Å². The number of benzene rings is 2. The van der Waals surface area contributed by atoms with E-state index in [-0.39, 0.29) is 22.6 Å². The Morgan fingerprint density at radius 1 is 1.22 bits per heavy atom. The van der Waals surface area contributed by atoms with E-state index < -0.39 is 16.1 Å². The molecule has 0 fully saturated rings. The molecule has 2 aromatic carbocycles. The van der Waals surface area contributed by atoms with Gasteiger partial charge < -0.3 is 5.32 Å². The molecule has 1 aliphatic rings. The van der Waals surface area contributed by atoms with Crippen LogP contribution in [-0.4, -0.2) is 26.2 Å². The molecular formula is C19H20ClN3O3S. The topological polar surface area (TPSA) is 87.6 Å². The highest BCUT2D eigenvalue weighted by molar-refractivity contribution is 7.90. The largest absolute Gasteiger partial charge is 0.324 e. The van der Waals surface area contributed by atoms with Crippen LogP contribution in [0.25, 0.3) is 0 Å². The summed E-state index contributed by atoms with van der Waals surface area (Å²) in [7, 11) is -3.65. The highest BCUT2D eigenvalue weighted by Crippen LogP contribution is 2.24. The van der Waals surface area contributed by atoms with Gasteiger partial charge in [-0.25, -0.2) is 8.42 Å². The standard InChI is InChI=1S/C19H20ClN3O3S/c1-3-12(2)17(19(24)21-14-8-6-7-13(20)11-14)22-18-15-9-4-5-10-16(15)27(25,26)23-18/h4-12,17H,3H2,1-2H3,(H,21,24)(H,22,23)/t12-,17-/m0/s1. The number of nitrogens with one attached hydrogen (secondary N) is 2. The van der Waals surface area contributed by atoms with E-state index in [9.17, 15) is 13.2 Å². The second-order valence-corrected chi connectivity index (χ2v) is 8.50. The predicted molar refractivity (Wildman–Crippen MR) is 107 cm³/mol. The summed E-state index contributed by atoms with van der Waals surface area (Å²) in [6.45, 7) is 3.86. The van der Waals surface area contributed by atoms with E-state index in [2.05, 4.69) is 15.0 Å². The number of sulfonamides is 1. The molecule has 1 aliphatic heterocycles. The molecule has 1 heterocycles. The number of fused-ring (bicyclic) bond motifs is 1. The fourth-order valence-corrected chi connectivity index (χ4v) is 4.25. The number of amidine groups is 1. The van der Waals surface area contributed by atoms with Crippen LogP contribution in [0.5, 0.6) is 0 Å². The maximum atomic E-state index is 12.8. The summed E-state index contributed by atoms with van der Waals surface area (Å²) in [6, 6.07) is 12.7. The number of anilines is 1. The molecule has 0 aliphatic carbocycles. The average molecular weight is 406 g/mol. The normalized spacial score (nSPS) is 18.4. The van der Waals surface area contributed by atoms with E-state index in [1.54, 1.807) is 42.5 Å². The van der Waals surface area contributed by atoms with Gasteiger partial charge in [0.15, 0.2) is 0 Å². The molecule has 0 aromatic heterocycles. The van der Waals surface area contributed by atoms with Crippen molar-refractivity contribution < 1.29 is 13.2 Å². The molecule has 2 atom stereocenters. The zero-order chi connectivity index (χ0) is 19.6. The van der Waals surface area contributed by atoms with Gasteiger partial charge >= 0.3 is 0 Å². The van der Waals surface area contributed by atoms with Crippen molar-refractivity contribution in [2.45, 2.75) is 31.2 Å². The first-order chi connectivity index (χ1) is 12.8. The van der Waals surface area contributed by atoms with Crippen molar-refractivity contribution >= 4 is 39.1 Å². The smallest absolute Gasteiger partial charge is 0.263 e. The number of aliphatic imine (C=N–C) groups is 1. The zero-order valence-electron chi connectivity index (χ0n) is 14.9. The molecule has 0 saturated heterocycles. The molecule has 2 aromatic rings. The molecule has 8 heteroatoms. The van der Waals surface area contributed by atoms with Crippen molar-refractivity contribution in [3.05, 3.63) is 59.1 Å². The van der Waals surface area contributed by atoms with E-state index in [1.165, 1.54) is 6.07 Å². The minimum atomic E-state index is -3.65. The molecular weight excluding hydrogens is 386 g/mol. The Morgan fingerprint density at radius 3 is 2.67 bits per heavy atom. The van der Waals surface area contributed by atoms with E-state index in [1.807, 2.05) is 13.8 Å². The molecule has 0 saturated carbocycles. The van der Waals surface area contributed by atoms with Crippen LogP contribution in [0, 0.1) is 5.92 Å². The van der Waals surface area contributed by atoms with Gasteiger partial charge in [-0.1, -0.05) is 50.1 Å². The fourth-order valence-electron chi connectivity index (χ4n) is 2.82. The maximum absolute atomic E-state index is 12.8. The quantitative estimate of drug-likeness (QED) is 0.798. The number of amides is 1. The lowest BCUT2D eigenvalue weighted by molar-refractivity contribution is -0.118. The van der Waals surface area contributed by atoms with Crippen molar-refractivity contribution in [1.29, 1.82) is 0 Å². The summed E-state index contributed by atoms with van der Waals surface area (Å²) in [5.41, 5.74) is 1.04. The molecule has 0 bridgehead atoms. The maximum Gasteiger partial charge on any atom is 0.263 e. The van der Waals surface area contributed by atoms with Crippen LogP contribution in [0.3, 0.4) is 0 Å². The van der Waals surface area contributed by atoms with Gasteiger partial charge in [0.1, 0.15) is 11.9 Å². The van der Waals surface area contributed by atoms with Gasteiger partial charge in [-0.3, -0.25) is 14.5 Å². The summed E-state index contributed by atoms with van der Waals surface area (Å²) < 4.78 is 27.0. The minimum Gasteiger partial charge on any atom is -0.324 e. The molecule has 0 unspecified atom stereocenters. The number of rotatable bonds is 5. The third kappa shape index (κ3) is 4.14. The van der Waals surface area contributed by atoms with Gasteiger partial charge in [-0.05, 0) is 36.2 Å². The number of carbonyl (C=O) groups is 1. The summed E-state index contributed by atoms with van der Waals surface area (Å²) in [5, 5.41) is 3.32. The minimum absolute atomic E-state index is 0.0889. The molecule has 3 rings (SSSR count). The van der Waals surface area contributed by atoms with Crippen molar-refractivity contribution in [1.82, 2.24) is 4.72 Å². The molecule has 6 nitrogen and oxygen atoms in total. The number of halogens is 1. The lowest BCUT2D eigenvalue weighted by atomic mass is 9.98. The summed E-state index contributed by atoms with van der Waals surface area (Å²) in [5.74, 6) is -0.214. The molecule has 1 amide bonds. The van der Waals surface area contributed by atoms with Crippen molar-refractivity contribution in [3.63, 3.8) is 0 Å². The van der Waals surface area contributed by atoms with Gasteiger partial charge in [0.25, 0.3) is 10.0 Å². The van der Waals surface area contributed by atoms with Crippen molar-refractivity contribution in [2.75, 3.05) is 5.32 Å². The third-order valence-electron chi connectivity index (χ3n) is 4.47. The summed E-state index contributed by atoms with van der Waals surface area (Å²) in [4.78, 5) is 17.5. The lowest BCUT2D eigenvalue weighted by Crippen LogP contribution is -2.34. The van der Waals surface area contributed by atoms with Crippen LogP contribution < -0.4 is 10.0 Å². The predicted octanol–water partition coefficient (Wildman–Crippen LogP) is 3.43. The Hall–Kier alpha value is -2.38. The summed E-state index contributed by atoms with van der Waals surface area (Å²) in [6.07, 6.45) is 0.707. The van der Waals surface area contributed by atoms with E-state index in [0.717, 1.165) is 0 Å². The highest BCUT2D eigenvalue weighted by atomic mass is 35.5. The van der Waals surface area contributed by atoms with Crippen LogP contribution in [0.15, 0.2) is 58.4 Å². The fraction of sp³-hybridized carbons (Fsp3) is 0.263. The molecule has 27 heavy (non-hydrogen) atoms. The zero-order valence-corrected chi connectivity index (χ0v) is 16.5. The van der Waals surface area contributed by atoms with Crippen LogP contribution in [-0.2, 0) is 14.8 Å². The van der Waals surface area contributed by atoms with Gasteiger partial charge in [0, 0.05) is 16.3 Å². The van der Waals surface area contributed by atoms with Gasteiger partial charge in [0.05, 0.1) is 4.90 Å². The lowest BCUT2D eigenvalue weighted by Gasteiger charge is -2.19. The average Bonchev–Trinajstić information content (AvgIpc) is 2.90. The summed E-state index contributed by atoms with van der Waals surface area (Å²) >= 11 is 5.97. The second-order valence-electron chi connectivity index (χ2n) is 6.41. The number of hydrogen-bond donors (Lipinski definition) is 2. The van der Waals surface area contributed by atoms with Crippen LogP contribution in [0.2, 0.25) is 5.02 Å². The Kier molecular flexibility index (Phi) is 5.53. The van der Waals surface area contributed by atoms with Crippen LogP contribution >= 0.6 is 11.6 Å². The third-order valence-corrected chi connectivity index (χ3v) is 6.11. The number of nitrogens with zero attached hydrogens (tertiary/aromatic N) is 1. The van der Waals surface area contributed by atoms with Gasteiger partial charge in [-0.2, -0.15) is 0 Å². The SMILES string of the molecule is CC[C@H](C)[C@H](N=C1NS(=O)(=O)c2ccccc21)C(=O)Nc1cccc(Cl)c1. The van der Waals surface area contributed by atoms with Crippen molar-refractivity contribution in [2.24, 2.45) is 10.9 Å². The van der Waals surface area contributed by atoms with E-state index >= 15 is 0 Å². The molecule has 2 N–H and O–H groups in total. The Balaban J connectivity index is 1.95. The van der Waals surface area contributed by atoms with E-state index in [0.29, 0.717) is 22.7 Å². The highest BCUT2D eigenvalue weighted by Gasteiger charge is 2.33. The molecule has 0 spiro atoms. The Morgan fingerprint density at radius 2 is 1.96 bits per heavy atom.